The van der Waals surface area contributed by atoms with Crippen LogP contribution in [0.3, 0.4) is 0 Å². The Morgan fingerprint density at radius 3 is 2.32 bits per heavy atom. The Kier molecular flexibility index (Phi) is 6.45. The Bertz CT molecular complexity index is 705. The van der Waals surface area contributed by atoms with Gasteiger partial charge >= 0.3 is 0 Å². The quantitative estimate of drug-likeness (QED) is 0.791. The molecular weight excluding hydrogens is 314 g/mol. The van der Waals surface area contributed by atoms with Gasteiger partial charge < -0.3 is 14.8 Å². The van der Waals surface area contributed by atoms with E-state index in [1.807, 2.05) is 56.3 Å². The number of rotatable bonds is 7. The molecule has 1 N–H and O–H groups in total. The Labute approximate surface area is 150 Å². The third-order valence-corrected chi connectivity index (χ3v) is 3.76. The number of amides is 1. The van der Waals surface area contributed by atoms with E-state index in [2.05, 4.69) is 19.2 Å². The van der Waals surface area contributed by atoms with Gasteiger partial charge in [-0.05, 0) is 49.9 Å². The van der Waals surface area contributed by atoms with E-state index < -0.39 is 6.10 Å². The fourth-order valence-corrected chi connectivity index (χ4v) is 2.39. The van der Waals surface area contributed by atoms with Crippen molar-refractivity contribution in [2.75, 3.05) is 11.9 Å². The van der Waals surface area contributed by atoms with Crippen LogP contribution in [0.4, 0.5) is 5.69 Å². The van der Waals surface area contributed by atoms with E-state index in [1.165, 1.54) is 0 Å². The van der Waals surface area contributed by atoms with Crippen LogP contribution in [-0.4, -0.2) is 18.6 Å². The molecule has 0 heterocycles. The van der Waals surface area contributed by atoms with Crippen LogP contribution in [0.15, 0.2) is 42.5 Å². The summed E-state index contributed by atoms with van der Waals surface area (Å²) in [6.07, 6.45) is -0.597. The fraction of sp³-hybridized carbons (Fsp3) is 0.381. The van der Waals surface area contributed by atoms with Crippen molar-refractivity contribution < 1.29 is 14.3 Å². The molecule has 2 aromatic carbocycles. The van der Waals surface area contributed by atoms with E-state index >= 15 is 0 Å². The van der Waals surface area contributed by atoms with Crippen LogP contribution in [-0.2, 0) is 4.79 Å². The van der Waals surface area contributed by atoms with Gasteiger partial charge in [0.05, 0.1) is 6.61 Å². The summed E-state index contributed by atoms with van der Waals surface area (Å²) in [4.78, 5) is 12.4. The van der Waals surface area contributed by atoms with Crippen molar-refractivity contribution in [3.63, 3.8) is 0 Å². The monoisotopic (exact) mass is 341 g/mol. The first-order chi connectivity index (χ1) is 11.9. The van der Waals surface area contributed by atoms with E-state index in [0.717, 1.165) is 22.6 Å². The molecule has 1 atom stereocenters. The van der Waals surface area contributed by atoms with Gasteiger partial charge in [-0.2, -0.15) is 0 Å². The third kappa shape index (κ3) is 5.52. The number of benzene rings is 2. The largest absolute Gasteiger partial charge is 0.493 e. The van der Waals surface area contributed by atoms with Crippen LogP contribution in [0.1, 0.15) is 31.9 Å². The van der Waals surface area contributed by atoms with Crippen molar-refractivity contribution in [2.24, 2.45) is 5.92 Å². The number of hydrogen-bond acceptors (Lipinski definition) is 3. The molecule has 0 radical (unpaired) electrons. The van der Waals surface area contributed by atoms with Gasteiger partial charge in [-0.1, -0.05) is 38.1 Å². The lowest BCUT2D eigenvalue weighted by Gasteiger charge is -2.18. The number of nitrogens with one attached hydrogen (secondary N) is 1. The van der Waals surface area contributed by atoms with Gasteiger partial charge in [-0.15, -0.1) is 0 Å². The van der Waals surface area contributed by atoms with Crippen molar-refractivity contribution in [2.45, 2.75) is 40.7 Å². The number of hydrogen-bond donors (Lipinski definition) is 1. The highest BCUT2D eigenvalue weighted by atomic mass is 16.5. The van der Waals surface area contributed by atoms with Gasteiger partial charge in [0.25, 0.3) is 5.91 Å². The summed E-state index contributed by atoms with van der Waals surface area (Å²) in [6, 6.07) is 13.3. The summed E-state index contributed by atoms with van der Waals surface area (Å²) >= 11 is 0. The average Bonchev–Trinajstić information content (AvgIpc) is 2.56. The zero-order chi connectivity index (χ0) is 18.4. The number of aryl methyl sites for hydroxylation is 2. The molecule has 0 bridgehead atoms. The lowest BCUT2D eigenvalue weighted by Crippen LogP contribution is -2.30. The molecule has 4 nitrogen and oxygen atoms in total. The van der Waals surface area contributed by atoms with Crippen molar-refractivity contribution >= 4 is 11.6 Å². The van der Waals surface area contributed by atoms with E-state index in [-0.39, 0.29) is 5.91 Å². The molecular formula is C21H27NO3. The van der Waals surface area contributed by atoms with Gasteiger partial charge in [0.15, 0.2) is 6.10 Å². The second-order valence-corrected chi connectivity index (χ2v) is 6.70. The molecule has 2 aromatic rings. The zero-order valence-electron chi connectivity index (χ0n) is 15.6. The fourth-order valence-electron chi connectivity index (χ4n) is 2.39. The molecule has 0 saturated carbocycles. The number of para-hydroxylation sites is 1. The lowest BCUT2D eigenvalue weighted by atomic mass is 10.1. The maximum atomic E-state index is 12.4. The second kappa shape index (κ2) is 8.56. The maximum absolute atomic E-state index is 12.4. The molecule has 0 aliphatic rings. The maximum Gasteiger partial charge on any atom is 0.265 e. The van der Waals surface area contributed by atoms with Crippen LogP contribution < -0.4 is 14.8 Å². The number of ether oxygens (including phenoxy) is 2. The number of carbonyl (C=O) groups is 1. The van der Waals surface area contributed by atoms with Crippen molar-refractivity contribution in [1.29, 1.82) is 0 Å². The molecule has 1 amide bonds. The predicted octanol–water partition coefficient (Wildman–Crippen LogP) is 4.74. The SMILES string of the molecule is Cc1cccc(C)c1OC(C)C(=O)Nc1cccc(OCC(C)C)c1. The predicted molar refractivity (Wildman–Crippen MR) is 101 cm³/mol. The molecule has 2 rings (SSSR count). The van der Waals surface area contributed by atoms with E-state index in [4.69, 9.17) is 9.47 Å². The van der Waals surface area contributed by atoms with Gasteiger partial charge in [0.2, 0.25) is 0 Å². The Hall–Kier alpha value is -2.49. The number of carbonyl (C=O) groups excluding carboxylic acids is 1. The summed E-state index contributed by atoms with van der Waals surface area (Å²) < 4.78 is 11.6. The number of anilines is 1. The molecule has 0 aliphatic carbocycles. The van der Waals surface area contributed by atoms with Gasteiger partial charge in [0, 0.05) is 11.8 Å². The van der Waals surface area contributed by atoms with Gasteiger partial charge in [-0.25, -0.2) is 0 Å². The zero-order valence-corrected chi connectivity index (χ0v) is 15.6. The first-order valence-electron chi connectivity index (χ1n) is 8.63. The topological polar surface area (TPSA) is 47.6 Å². The molecule has 0 aromatic heterocycles. The standard InChI is InChI=1S/C21H27NO3/c1-14(2)13-24-19-11-7-10-18(12-19)22-21(23)17(5)25-20-15(3)8-6-9-16(20)4/h6-12,14,17H,13H2,1-5H3,(H,22,23). The Morgan fingerprint density at radius 1 is 1.04 bits per heavy atom. The Balaban J connectivity index is 2.00. The molecule has 0 aliphatic heterocycles. The third-order valence-electron chi connectivity index (χ3n) is 3.76. The van der Waals surface area contributed by atoms with E-state index in [9.17, 15) is 4.79 Å². The van der Waals surface area contributed by atoms with Crippen LogP contribution in [0, 0.1) is 19.8 Å². The second-order valence-electron chi connectivity index (χ2n) is 6.70. The minimum atomic E-state index is -0.597. The van der Waals surface area contributed by atoms with Crippen LogP contribution in [0.5, 0.6) is 11.5 Å². The highest BCUT2D eigenvalue weighted by Gasteiger charge is 2.17. The summed E-state index contributed by atoms with van der Waals surface area (Å²) in [5, 5.41) is 2.88. The van der Waals surface area contributed by atoms with Gasteiger partial charge in [0.1, 0.15) is 11.5 Å². The molecule has 0 fully saturated rings. The van der Waals surface area contributed by atoms with Gasteiger partial charge in [-0.3, -0.25) is 4.79 Å². The van der Waals surface area contributed by atoms with Crippen LogP contribution in [0.25, 0.3) is 0 Å². The molecule has 0 spiro atoms. The van der Waals surface area contributed by atoms with Crippen LogP contribution >= 0.6 is 0 Å². The summed E-state index contributed by atoms with van der Waals surface area (Å²) in [5.74, 6) is 1.77. The molecule has 1 unspecified atom stereocenters. The smallest absolute Gasteiger partial charge is 0.265 e. The lowest BCUT2D eigenvalue weighted by molar-refractivity contribution is -0.122. The molecule has 0 saturated heterocycles. The van der Waals surface area contributed by atoms with Crippen molar-refractivity contribution in [3.8, 4) is 11.5 Å². The minimum Gasteiger partial charge on any atom is -0.493 e. The summed E-state index contributed by atoms with van der Waals surface area (Å²) in [5.41, 5.74) is 2.73. The highest BCUT2D eigenvalue weighted by Crippen LogP contribution is 2.24. The average molecular weight is 341 g/mol. The molecule has 4 heteroatoms. The summed E-state index contributed by atoms with van der Waals surface area (Å²) in [7, 11) is 0. The molecule has 134 valence electrons. The first-order valence-corrected chi connectivity index (χ1v) is 8.63. The minimum absolute atomic E-state index is 0.191. The van der Waals surface area contributed by atoms with E-state index in [0.29, 0.717) is 18.2 Å². The van der Waals surface area contributed by atoms with Crippen LogP contribution in [0.2, 0.25) is 0 Å². The van der Waals surface area contributed by atoms with E-state index in [1.54, 1.807) is 6.92 Å². The Morgan fingerprint density at radius 2 is 1.68 bits per heavy atom. The normalized spacial score (nSPS) is 11.9. The summed E-state index contributed by atoms with van der Waals surface area (Å²) in [6.45, 7) is 10.5. The first kappa shape index (κ1) is 18.8. The van der Waals surface area contributed by atoms with Crippen molar-refractivity contribution in [3.05, 3.63) is 53.6 Å². The van der Waals surface area contributed by atoms with Crippen molar-refractivity contribution in [1.82, 2.24) is 0 Å². The molecule has 25 heavy (non-hydrogen) atoms. The highest BCUT2D eigenvalue weighted by molar-refractivity contribution is 5.94.